The van der Waals surface area contributed by atoms with Crippen molar-refractivity contribution in [1.82, 2.24) is 4.57 Å². The molecule has 0 atom stereocenters. The number of benzene rings is 1. The molecule has 2 nitrogen and oxygen atoms in total. The van der Waals surface area contributed by atoms with E-state index in [0.717, 1.165) is 6.42 Å². The molecule has 2 rings (SSSR count). The zero-order valence-corrected chi connectivity index (χ0v) is 20.0. The van der Waals surface area contributed by atoms with Gasteiger partial charge in [0, 0.05) is 0 Å². The molecule has 2 aromatic rings. The summed E-state index contributed by atoms with van der Waals surface area (Å²) in [7, 11) is 0. The molecule has 0 unspecified atom stereocenters. The quantitative estimate of drug-likeness (QED) is 0.174. The summed E-state index contributed by atoms with van der Waals surface area (Å²) >= 11 is 0. The lowest BCUT2D eigenvalue weighted by atomic mass is 10.1. The third-order valence-electron chi connectivity index (χ3n) is 6.30. The van der Waals surface area contributed by atoms with Crippen LogP contribution in [0, 0.1) is 0 Å². The van der Waals surface area contributed by atoms with Gasteiger partial charge in [0.15, 0.2) is 0 Å². The van der Waals surface area contributed by atoms with E-state index in [4.69, 9.17) is 0 Å². The van der Waals surface area contributed by atoms with E-state index in [-0.39, 0.29) is 0 Å². The molecule has 0 saturated carbocycles. The van der Waals surface area contributed by atoms with Crippen LogP contribution in [-0.4, -0.2) is 4.57 Å². The van der Waals surface area contributed by atoms with Crippen molar-refractivity contribution >= 4 is 0 Å². The molecule has 0 aliphatic rings. The first-order valence-corrected chi connectivity index (χ1v) is 13.0. The number of aromatic nitrogens is 2. The Morgan fingerprint density at radius 3 is 1.87 bits per heavy atom. The highest BCUT2D eigenvalue weighted by Gasteiger charge is 2.17. The van der Waals surface area contributed by atoms with E-state index < -0.39 is 0 Å². The first-order valence-electron chi connectivity index (χ1n) is 13.0. The van der Waals surface area contributed by atoms with Gasteiger partial charge < -0.3 is 0 Å². The van der Waals surface area contributed by atoms with Gasteiger partial charge in [0.1, 0.15) is 12.4 Å². The molecule has 0 N–H and O–H groups in total. The highest BCUT2D eigenvalue weighted by molar-refractivity contribution is 5.18. The zero-order chi connectivity index (χ0) is 21.3. The maximum atomic E-state index is 2.53. The smallest absolute Gasteiger partial charge is 0.234 e. The van der Waals surface area contributed by atoms with Crippen molar-refractivity contribution in [3.63, 3.8) is 0 Å². The van der Waals surface area contributed by atoms with Crippen molar-refractivity contribution in [2.75, 3.05) is 0 Å². The summed E-state index contributed by atoms with van der Waals surface area (Å²) in [5, 5.41) is 0. The number of hydrogen-bond donors (Lipinski definition) is 0. The summed E-state index contributed by atoms with van der Waals surface area (Å²) in [4.78, 5) is 0. The molecular weight excluding hydrogens is 364 g/mol. The second-order valence-corrected chi connectivity index (χ2v) is 9.01. The minimum Gasteiger partial charge on any atom is -0.234 e. The molecule has 0 aliphatic heterocycles. The Labute approximate surface area is 186 Å². The monoisotopic (exact) mass is 411 g/mol. The van der Waals surface area contributed by atoms with E-state index in [2.05, 4.69) is 65.7 Å². The topological polar surface area (TPSA) is 8.81 Å². The third kappa shape index (κ3) is 9.96. The van der Waals surface area contributed by atoms with E-state index in [0.29, 0.717) is 0 Å². The lowest BCUT2D eigenvalue weighted by Gasteiger charge is -2.07. The van der Waals surface area contributed by atoms with Gasteiger partial charge >= 0.3 is 0 Å². The fourth-order valence-electron chi connectivity index (χ4n) is 4.37. The Bertz CT molecular complexity index is 644. The average molecular weight is 412 g/mol. The molecule has 30 heavy (non-hydrogen) atoms. The Morgan fingerprint density at radius 2 is 1.23 bits per heavy atom. The Hall–Kier alpha value is -1.57. The van der Waals surface area contributed by atoms with E-state index >= 15 is 0 Å². The average Bonchev–Trinajstić information content (AvgIpc) is 3.14. The van der Waals surface area contributed by atoms with Crippen LogP contribution in [0.4, 0.5) is 0 Å². The molecule has 2 heteroatoms. The summed E-state index contributed by atoms with van der Waals surface area (Å²) < 4.78 is 5.05. The van der Waals surface area contributed by atoms with Crippen molar-refractivity contribution in [3.05, 3.63) is 54.1 Å². The lowest BCUT2D eigenvalue weighted by molar-refractivity contribution is -0.703. The first kappa shape index (κ1) is 24.7. The third-order valence-corrected chi connectivity index (χ3v) is 6.30. The number of aryl methyl sites for hydroxylation is 2. The van der Waals surface area contributed by atoms with Crippen LogP contribution in [0.25, 0.3) is 0 Å². The molecule has 0 amide bonds. The van der Waals surface area contributed by atoms with Crippen molar-refractivity contribution in [3.8, 4) is 0 Å². The van der Waals surface area contributed by atoms with Crippen molar-refractivity contribution in [2.45, 2.75) is 123 Å². The van der Waals surface area contributed by atoms with Crippen molar-refractivity contribution < 1.29 is 4.57 Å². The van der Waals surface area contributed by atoms with Crippen LogP contribution in [0.1, 0.15) is 115 Å². The zero-order valence-electron chi connectivity index (χ0n) is 20.0. The SMILES string of the molecule is CCCCCCCCCC[n+]1ccn(CCCCCCCC)c1Cc1ccccc1. The van der Waals surface area contributed by atoms with Crippen LogP contribution in [0.15, 0.2) is 42.7 Å². The number of imidazole rings is 1. The molecule has 0 saturated heterocycles. The Morgan fingerprint density at radius 1 is 0.667 bits per heavy atom. The van der Waals surface area contributed by atoms with E-state index in [1.165, 1.54) is 114 Å². The second-order valence-electron chi connectivity index (χ2n) is 9.01. The maximum Gasteiger partial charge on any atom is 0.260 e. The Balaban J connectivity index is 1.83. The van der Waals surface area contributed by atoms with Crippen LogP contribution in [0.3, 0.4) is 0 Å². The van der Waals surface area contributed by atoms with E-state index in [1.807, 2.05) is 0 Å². The second kappa shape index (κ2) is 16.2. The van der Waals surface area contributed by atoms with Crippen LogP contribution < -0.4 is 4.57 Å². The summed E-state index contributed by atoms with van der Waals surface area (Å²) in [6.45, 7) is 6.92. The highest BCUT2D eigenvalue weighted by Crippen LogP contribution is 2.12. The van der Waals surface area contributed by atoms with Gasteiger partial charge in [-0.1, -0.05) is 108 Å². The predicted octanol–water partition coefficient (Wildman–Crippen LogP) is 7.87. The molecule has 1 aromatic carbocycles. The van der Waals surface area contributed by atoms with Gasteiger partial charge in [-0.05, 0) is 31.2 Å². The molecule has 0 fully saturated rings. The number of rotatable bonds is 18. The van der Waals surface area contributed by atoms with Gasteiger partial charge in [0.25, 0.3) is 5.82 Å². The lowest BCUT2D eigenvalue weighted by Crippen LogP contribution is -2.37. The molecule has 1 aromatic heterocycles. The number of unbranched alkanes of at least 4 members (excludes halogenated alkanes) is 12. The van der Waals surface area contributed by atoms with Gasteiger partial charge in [-0.25, -0.2) is 9.13 Å². The largest absolute Gasteiger partial charge is 0.260 e. The summed E-state index contributed by atoms with van der Waals surface area (Å²) in [6.07, 6.45) is 25.0. The molecule has 0 bridgehead atoms. The minimum atomic E-state index is 1.04. The highest BCUT2D eigenvalue weighted by atomic mass is 15.1. The summed E-state index contributed by atoms with van der Waals surface area (Å²) in [5.74, 6) is 1.48. The van der Waals surface area contributed by atoms with Gasteiger partial charge in [-0.2, -0.15) is 0 Å². The van der Waals surface area contributed by atoms with Crippen LogP contribution in [-0.2, 0) is 19.5 Å². The normalized spacial score (nSPS) is 11.3. The van der Waals surface area contributed by atoms with E-state index in [1.54, 1.807) is 0 Å². The van der Waals surface area contributed by atoms with Crippen LogP contribution in [0.5, 0.6) is 0 Å². The van der Waals surface area contributed by atoms with Crippen molar-refractivity contribution in [2.24, 2.45) is 0 Å². The first-order chi connectivity index (χ1) is 14.8. The molecule has 168 valence electrons. The molecule has 1 heterocycles. The van der Waals surface area contributed by atoms with E-state index in [9.17, 15) is 0 Å². The van der Waals surface area contributed by atoms with Gasteiger partial charge in [-0.3, -0.25) is 0 Å². The van der Waals surface area contributed by atoms with Crippen LogP contribution in [0.2, 0.25) is 0 Å². The summed E-state index contributed by atoms with van der Waals surface area (Å²) in [6, 6.07) is 11.0. The molecular formula is C28H47N2+. The fraction of sp³-hybridized carbons (Fsp3) is 0.679. The molecule has 0 radical (unpaired) electrons. The number of nitrogens with zero attached hydrogens (tertiary/aromatic N) is 2. The maximum absolute atomic E-state index is 2.53. The molecule has 0 spiro atoms. The summed E-state index contributed by atoms with van der Waals surface area (Å²) in [5.41, 5.74) is 1.42. The Kier molecular flexibility index (Phi) is 13.3. The van der Waals surface area contributed by atoms with Crippen molar-refractivity contribution in [1.29, 1.82) is 0 Å². The van der Waals surface area contributed by atoms with Gasteiger partial charge in [0.05, 0.1) is 19.5 Å². The number of hydrogen-bond acceptors (Lipinski definition) is 0. The predicted molar refractivity (Wildman–Crippen MR) is 130 cm³/mol. The minimum absolute atomic E-state index is 1.04. The van der Waals surface area contributed by atoms with Gasteiger partial charge in [-0.15, -0.1) is 0 Å². The standard InChI is InChI=1S/C28H47N2/c1-3-5-7-9-11-12-14-19-23-30-25-24-29(22-18-13-10-8-6-4-2)28(30)26-27-20-16-15-17-21-27/h15-17,20-21,24-25H,3-14,18-19,22-23,26H2,1-2H3/q+1. The fourth-order valence-corrected chi connectivity index (χ4v) is 4.37. The van der Waals surface area contributed by atoms with Crippen LogP contribution >= 0.6 is 0 Å². The molecule has 0 aliphatic carbocycles. The van der Waals surface area contributed by atoms with Gasteiger partial charge in [0.2, 0.25) is 0 Å².